The van der Waals surface area contributed by atoms with Crippen molar-refractivity contribution >= 4 is 17.9 Å². The molecule has 0 radical (unpaired) electrons. The standard InChI is InChI=1S/C35H67NO6/c1-5-9-10-11-12-13-14-15-16-17-18-19-20-21-22-23-24-25-26-27-28-29-36(30(6-2)33(37)38,31(7-3)34(39)40)32(8-4)35(41)42/h30-32H,5-29H2,1-4H3,(H2-,37,38,39,40,41,42). The van der Waals surface area contributed by atoms with Crippen LogP contribution in [0.25, 0.3) is 0 Å². The molecule has 0 amide bonds. The maximum Gasteiger partial charge on any atom is 0.362 e. The van der Waals surface area contributed by atoms with Crippen LogP contribution < -0.4 is 5.11 Å². The van der Waals surface area contributed by atoms with Gasteiger partial charge in [-0.05, 0) is 12.8 Å². The van der Waals surface area contributed by atoms with Gasteiger partial charge in [-0.1, -0.05) is 150 Å². The van der Waals surface area contributed by atoms with E-state index in [9.17, 15) is 29.7 Å². The summed E-state index contributed by atoms with van der Waals surface area (Å²) < 4.78 is -0.463. The van der Waals surface area contributed by atoms with E-state index < -0.39 is 40.5 Å². The molecular weight excluding hydrogens is 530 g/mol. The van der Waals surface area contributed by atoms with Gasteiger partial charge in [-0.3, -0.25) is 4.48 Å². The molecule has 0 aromatic carbocycles. The van der Waals surface area contributed by atoms with E-state index in [1.165, 1.54) is 109 Å². The first kappa shape index (κ1) is 40.4. The Morgan fingerprint density at radius 2 is 0.738 bits per heavy atom. The fourth-order valence-electron chi connectivity index (χ4n) is 7.08. The van der Waals surface area contributed by atoms with Gasteiger partial charge in [0.25, 0.3) is 0 Å². The molecule has 2 N–H and O–H groups in total. The van der Waals surface area contributed by atoms with Gasteiger partial charge < -0.3 is 20.1 Å². The number of quaternary nitrogens is 1. The highest BCUT2D eigenvalue weighted by molar-refractivity contribution is 5.77. The van der Waals surface area contributed by atoms with Crippen LogP contribution >= 0.6 is 0 Å². The minimum absolute atomic E-state index is 0.134. The third kappa shape index (κ3) is 15.7. The molecular formula is C35H67NO6. The fourth-order valence-corrected chi connectivity index (χ4v) is 7.08. The van der Waals surface area contributed by atoms with Crippen LogP contribution in [0.1, 0.15) is 182 Å². The monoisotopic (exact) mass is 597 g/mol. The predicted octanol–water partition coefficient (Wildman–Crippen LogP) is 8.27. The minimum atomic E-state index is -1.36. The summed E-state index contributed by atoms with van der Waals surface area (Å²) in [7, 11) is 0. The van der Waals surface area contributed by atoms with E-state index in [2.05, 4.69) is 6.92 Å². The van der Waals surface area contributed by atoms with Crippen LogP contribution in [-0.4, -0.2) is 57.3 Å². The smallest absolute Gasteiger partial charge is 0.362 e. The first-order valence-corrected chi connectivity index (χ1v) is 17.8. The van der Waals surface area contributed by atoms with Crippen LogP contribution in [0.3, 0.4) is 0 Å². The molecule has 0 aliphatic heterocycles. The van der Waals surface area contributed by atoms with Crippen molar-refractivity contribution in [1.82, 2.24) is 0 Å². The maximum atomic E-state index is 12.3. The van der Waals surface area contributed by atoms with Crippen molar-refractivity contribution in [2.75, 3.05) is 6.54 Å². The summed E-state index contributed by atoms with van der Waals surface area (Å²) in [4.78, 5) is 36.7. The van der Waals surface area contributed by atoms with Crippen molar-refractivity contribution in [2.24, 2.45) is 0 Å². The quantitative estimate of drug-likeness (QED) is 0.0614. The summed E-state index contributed by atoms with van der Waals surface area (Å²) in [6.07, 6.45) is 27.0. The highest BCUT2D eigenvalue weighted by Gasteiger charge is 2.53. The molecule has 7 nitrogen and oxygen atoms in total. The molecule has 0 aromatic heterocycles. The largest absolute Gasteiger partial charge is 0.544 e. The van der Waals surface area contributed by atoms with Crippen LogP contribution in [0.15, 0.2) is 0 Å². The van der Waals surface area contributed by atoms with Gasteiger partial charge in [0.15, 0.2) is 12.1 Å². The van der Waals surface area contributed by atoms with E-state index in [1.54, 1.807) is 20.8 Å². The summed E-state index contributed by atoms with van der Waals surface area (Å²) >= 11 is 0. The Bertz CT molecular complexity index is 642. The number of carboxylic acid groups (broad SMARTS) is 3. The van der Waals surface area contributed by atoms with Crippen molar-refractivity contribution in [2.45, 2.75) is 200 Å². The second-order valence-corrected chi connectivity index (χ2v) is 12.6. The number of hydrogen-bond donors (Lipinski definition) is 2. The molecule has 42 heavy (non-hydrogen) atoms. The molecule has 0 aliphatic carbocycles. The molecule has 0 spiro atoms. The first-order valence-electron chi connectivity index (χ1n) is 17.8. The Hall–Kier alpha value is -1.63. The number of unbranched alkanes of at least 4 members (excludes halogenated alkanes) is 20. The van der Waals surface area contributed by atoms with Crippen molar-refractivity contribution in [3.63, 3.8) is 0 Å². The fraction of sp³-hybridized carbons (Fsp3) is 0.914. The number of hydrogen-bond acceptors (Lipinski definition) is 4. The van der Waals surface area contributed by atoms with Crippen LogP contribution in [0, 0.1) is 0 Å². The lowest BCUT2D eigenvalue weighted by atomic mass is 9.93. The van der Waals surface area contributed by atoms with E-state index in [-0.39, 0.29) is 25.8 Å². The Kier molecular flexibility index (Phi) is 24.8. The molecule has 3 unspecified atom stereocenters. The van der Waals surface area contributed by atoms with E-state index in [0.717, 1.165) is 19.3 Å². The van der Waals surface area contributed by atoms with E-state index in [0.29, 0.717) is 6.42 Å². The number of nitrogens with zero attached hydrogens (tertiary/aromatic N) is 1. The number of carboxylic acids is 3. The molecule has 0 saturated heterocycles. The normalized spacial score (nSPS) is 15.1. The van der Waals surface area contributed by atoms with Crippen LogP contribution in [0.2, 0.25) is 0 Å². The average molecular weight is 598 g/mol. The highest BCUT2D eigenvalue weighted by atomic mass is 16.4. The van der Waals surface area contributed by atoms with Gasteiger partial charge in [0.2, 0.25) is 0 Å². The van der Waals surface area contributed by atoms with Crippen LogP contribution in [-0.2, 0) is 14.4 Å². The lowest BCUT2D eigenvalue weighted by Crippen LogP contribution is -2.73. The highest BCUT2D eigenvalue weighted by Crippen LogP contribution is 2.32. The topological polar surface area (TPSA) is 115 Å². The van der Waals surface area contributed by atoms with Gasteiger partial charge in [0, 0.05) is 19.3 Å². The molecule has 0 heterocycles. The Balaban J connectivity index is 4.30. The molecule has 248 valence electrons. The Labute approximate surface area is 258 Å². The average Bonchev–Trinajstić information content (AvgIpc) is 2.94. The zero-order valence-electron chi connectivity index (χ0n) is 27.9. The van der Waals surface area contributed by atoms with Crippen molar-refractivity contribution < 1.29 is 34.2 Å². The molecule has 0 aromatic rings. The summed E-state index contributed by atoms with van der Waals surface area (Å²) in [6, 6.07) is -3.37. The van der Waals surface area contributed by atoms with E-state index in [1.807, 2.05) is 0 Å². The van der Waals surface area contributed by atoms with Crippen molar-refractivity contribution in [1.29, 1.82) is 0 Å². The van der Waals surface area contributed by atoms with Gasteiger partial charge in [0.05, 0.1) is 12.5 Å². The molecule has 0 rings (SSSR count). The lowest BCUT2D eigenvalue weighted by molar-refractivity contribution is -0.974. The second kappa shape index (κ2) is 25.8. The predicted molar refractivity (Wildman–Crippen MR) is 170 cm³/mol. The molecule has 3 atom stereocenters. The van der Waals surface area contributed by atoms with E-state index >= 15 is 0 Å². The van der Waals surface area contributed by atoms with Gasteiger partial charge in [0.1, 0.15) is 6.04 Å². The Morgan fingerprint density at radius 3 is 0.952 bits per heavy atom. The molecule has 0 saturated carbocycles. The maximum absolute atomic E-state index is 12.3. The summed E-state index contributed by atoms with van der Waals surface area (Å²) in [5, 5.41) is 32.2. The molecule has 0 fully saturated rings. The number of aliphatic carboxylic acids is 3. The van der Waals surface area contributed by atoms with Gasteiger partial charge in [-0.25, -0.2) is 9.59 Å². The zero-order valence-corrected chi connectivity index (χ0v) is 27.9. The van der Waals surface area contributed by atoms with Gasteiger partial charge in [-0.15, -0.1) is 0 Å². The minimum Gasteiger partial charge on any atom is -0.544 e. The first-order chi connectivity index (χ1) is 20.2. The summed E-state index contributed by atoms with van der Waals surface area (Å²) in [5.41, 5.74) is 0. The summed E-state index contributed by atoms with van der Waals surface area (Å²) in [5.74, 6) is -3.64. The summed E-state index contributed by atoms with van der Waals surface area (Å²) in [6.45, 7) is 7.56. The number of carbonyl (C=O) groups excluding carboxylic acids is 1. The van der Waals surface area contributed by atoms with Crippen molar-refractivity contribution in [3.8, 4) is 0 Å². The van der Waals surface area contributed by atoms with Crippen LogP contribution in [0.4, 0.5) is 0 Å². The van der Waals surface area contributed by atoms with Gasteiger partial charge >= 0.3 is 11.9 Å². The zero-order chi connectivity index (χ0) is 31.6. The number of carbonyl (C=O) groups is 3. The van der Waals surface area contributed by atoms with Gasteiger partial charge in [-0.2, -0.15) is 0 Å². The molecule has 0 bridgehead atoms. The number of rotatable bonds is 31. The van der Waals surface area contributed by atoms with E-state index in [4.69, 9.17) is 0 Å². The van der Waals surface area contributed by atoms with Crippen molar-refractivity contribution in [3.05, 3.63) is 0 Å². The SMILES string of the molecule is CCCCCCCCCCCCCCCCCCCCCCC[N+](C(CC)C(=O)[O-])(C(CC)C(=O)O)C(CC)C(=O)O. The third-order valence-electron chi connectivity index (χ3n) is 9.39. The third-order valence-corrected chi connectivity index (χ3v) is 9.39. The van der Waals surface area contributed by atoms with Crippen LogP contribution in [0.5, 0.6) is 0 Å². The Morgan fingerprint density at radius 1 is 0.476 bits per heavy atom. The molecule has 7 heteroatoms. The lowest BCUT2D eigenvalue weighted by Gasteiger charge is -2.51. The molecule has 0 aliphatic rings. The second-order valence-electron chi connectivity index (χ2n) is 12.6.